The van der Waals surface area contributed by atoms with Crippen molar-refractivity contribution in [3.63, 3.8) is 0 Å². The minimum atomic E-state index is 0.466. The van der Waals surface area contributed by atoms with Crippen LogP contribution in [0.25, 0.3) is 0 Å². The topological polar surface area (TPSA) is 48.1 Å². The zero-order valence-corrected chi connectivity index (χ0v) is 27.5. The van der Waals surface area contributed by atoms with Crippen molar-refractivity contribution in [1.29, 1.82) is 0 Å². The predicted molar refractivity (Wildman–Crippen MR) is 190 cm³/mol. The molecule has 43 heavy (non-hydrogen) atoms. The Morgan fingerprint density at radius 2 is 0.814 bits per heavy atom. The van der Waals surface area contributed by atoms with E-state index in [1.54, 1.807) is 0 Å². The molecule has 4 aromatic rings. The van der Waals surface area contributed by atoms with Crippen LogP contribution in [0.4, 0.5) is 34.1 Å². The maximum atomic E-state index is 3.60. The van der Waals surface area contributed by atoms with Gasteiger partial charge in [0.2, 0.25) is 0 Å². The third-order valence-corrected chi connectivity index (χ3v) is 7.79. The molecule has 0 radical (unpaired) electrons. The van der Waals surface area contributed by atoms with Crippen molar-refractivity contribution in [3.05, 3.63) is 107 Å². The molecule has 0 bridgehead atoms. The molecule has 228 valence electrons. The maximum absolute atomic E-state index is 3.60. The Morgan fingerprint density at radius 3 is 1.14 bits per heavy atom. The highest BCUT2D eigenvalue weighted by Crippen LogP contribution is 2.27. The van der Waals surface area contributed by atoms with Gasteiger partial charge in [0.1, 0.15) is 0 Å². The van der Waals surface area contributed by atoms with Gasteiger partial charge >= 0.3 is 0 Å². The van der Waals surface area contributed by atoms with Gasteiger partial charge in [0.05, 0.1) is 0 Å². The lowest BCUT2D eigenvalue weighted by Gasteiger charge is -2.18. The number of anilines is 6. The SMILES string of the molecule is Cc1cc(Cc2ccc(Nc3ccc(NC(C)CC(C)C)cc3)c(C)c2)ccc1Nc1ccc(NC(C)CC(C)C)cc1. The predicted octanol–water partition coefficient (Wildman–Crippen LogP) is 11.1. The largest absolute Gasteiger partial charge is 0.383 e. The molecule has 2 atom stereocenters. The third kappa shape index (κ3) is 10.1. The quantitative estimate of drug-likeness (QED) is 0.121. The summed E-state index contributed by atoms with van der Waals surface area (Å²) in [6.07, 6.45) is 3.24. The highest BCUT2D eigenvalue weighted by molar-refractivity contribution is 5.67. The molecule has 2 unspecified atom stereocenters. The van der Waals surface area contributed by atoms with Crippen molar-refractivity contribution in [3.8, 4) is 0 Å². The summed E-state index contributed by atoms with van der Waals surface area (Å²) in [4.78, 5) is 0. The smallest absolute Gasteiger partial charge is 0.0414 e. The summed E-state index contributed by atoms with van der Waals surface area (Å²) in [7, 11) is 0. The summed E-state index contributed by atoms with van der Waals surface area (Å²) >= 11 is 0. The van der Waals surface area contributed by atoms with Crippen molar-refractivity contribution in [2.45, 2.75) is 86.7 Å². The molecule has 0 heterocycles. The molecule has 4 N–H and O–H groups in total. The van der Waals surface area contributed by atoms with Crippen LogP contribution in [0.15, 0.2) is 84.9 Å². The van der Waals surface area contributed by atoms with E-state index >= 15 is 0 Å². The Balaban J connectivity index is 1.32. The Kier molecular flexibility index (Phi) is 11.2. The van der Waals surface area contributed by atoms with Crippen LogP contribution in [0.2, 0.25) is 0 Å². The summed E-state index contributed by atoms with van der Waals surface area (Å²) in [6.45, 7) is 17.9. The first kappa shape index (κ1) is 32.0. The number of hydrogen-bond donors (Lipinski definition) is 4. The molecule has 0 fully saturated rings. The van der Waals surface area contributed by atoms with E-state index in [2.05, 4.69) is 162 Å². The highest BCUT2D eigenvalue weighted by atomic mass is 14.9. The van der Waals surface area contributed by atoms with Gasteiger partial charge in [-0.1, -0.05) is 52.0 Å². The van der Waals surface area contributed by atoms with Gasteiger partial charge < -0.3 is 21.3 Å². The van der Waals surface area contributed by atoms with Crippen LogP contribution >= 0.6 is 0 Å². The Bertz CT molecular complexity index is 1330. The van der Waals surface area contributed by atoms with Crippen molar-refractivity contribution in [1.82, 2.24) is 0 Å². The van der Waals surface area contributed by atoms with Crippen LogP contribution in [0.5, 0.6) is 0 Å². The molecule has 4 heteroatoms. The zero-order valence-electron chi connectivity index (χ0n) is 27.5. The fraction of sp³-hybridized carbons (Fsp3) is 0.385. The van der Waals surface area contributed by atoms with Crippen molar-refractivity contribution >= 4 is 34.1 Å². The van der Waals surface area contributed by atoms with Gasteiger partial charge in [-0.25, -0.2) is 0 Å². The minimum Gasteiger partial charge on any atom is -0.383 e. The number of aryl methyl sites for hydroxylation is 2. The van der Waals surface area contributed by atoms with Crippen LogP contribution in [0, 0.1) is 25.7 Å². The second kappa shape index (κ2) is 15.0. The number of rotatable bonds is 14. The standard InChI is InChI=1S/C39H52N4/c1-26(2)21-30(7)40-34-11-15-36(16-12-34)42-38-19-9-32(23-28(38)5)25-33-10-20-39(29(6)24-33)43-37-17-13-35(14-18-37)41-31(8)22-27(3)4/h9-20,23-24,26-27,30-31,40-43H,21-22,25H2,1-8H3. The zero-order chi connectivity index (χ0) is 30.9. The van der Waals surface area contributed by atoms with Gasteiger partial charge in [-0.05, 0) is 142 Å². The Morgan fingerprint density at radius 1 is 0.465 bits per heavy atom. The van der Waals surface area contributed by atoms with E-state index in [0.29, 0.717) is 23.9 Å². The van der Waals surface area contributed by atoms with Crippen LogP contribution < -0.4 is 21.3 Å². The highest BCUT2D eigenvalue weighted by Gasteiger charge is 2.08. The number of hydrogen-bond acceptors (Lipinski definition) is 4. The van der Waals surface area contributed by atoms with Crippen LogP contribution in [-0.4, -0.2) is 12.1 Å². The lowest BCUT2D eigenvalue weighted by atomic mass is 10.00. The van der Waals surface area contributed by atoms with Crippen LogP contribution in [0.1, 0.15) is 76.6 Å². The van der Waals surface area contributed by atoms with Gasteiger partial charge in [-0.2, -0.15) is 0 Å². The van der Waals surface area contributed by atoms with E-state index in [1.165, 1.54) is 33.6 Å². The van der Waals surface area contributed by atoms with E-state index < -0.39 is 0 Å². The average Bonchev–Trinajstić information content (AvgIpc) is 2.93. The molecule has 0 saturated carbocycles. The summed E-state index contributed by atoms with van der Waals surface area (Å²) in [5, 5.41) is 14.4. The molecule has 4 aromatic carbocycles. The number of benzene rings is 4. The molecule has 0 saturated heterocycles. The summed E-state index contributed by atoms with van der Waals surface area (Å²) < 4.78 is 0. The Labute approximate surface area is 260 Å². The molecule has 0 aliphatic heterocycles. The van der Waals surface area contributed by atoms with Gasteiger partial charge in [-0.3, -0.25) is 0 Å². The molecular weight excluding hydrogens is 524 g/mol. The molecule has 4 nitrogen and oxygen atoms in total. The van der Waals surface area contributed by atoms with E-state index in [1.807, 2.05) is 0 Å². The third-order valence-electron chi connectivity index (χ3n) is 7.79. The Hall–Kier alpha value is -3.92. The lowest BCUT2D eigenvalue weighted by molar-refractivity contribution is 0.539. The average molecular weight is 577 g/mol. The molecule has 0 aliphatic rings. The summed E-state index contributed by atoms with van der Waals surface area (Å²) in [5.41, 5.74) is 11.9. The van der Waals surface area contributed by atoms with Crippen molar-refractivity contribution < 1.29 is 0 Å². The second-order valence-corrected chi connectivity index (χ2v) is 13.2. The van der Waals surface area contributed by atoms with Crippen LogP contribution in [-0.2, 0) is 6.42 Å². The first-order valence-corrected chi connectivity index (χ1v) is 16.0. The van der Waals surface area contributed by atoms with Crippen molar-refractivity contribution in [2.75, 3.05) is 21.3 Å². The van der Waals surface area contributed by atoms with E-state index in [0.717, 1.165) is 42.0 Å². The number of nitrogens with one attached hydrogen (secondary N) is 4. The molecule has 4 rings (SSSR count). The molecule has 0 amide bonds. The monoisotopic (exact) mass is 576 g/mol. The van der Waals surface area contributed by atoms with Crippen molar-refractivity contribution in [2.24, 2.45) is 11.8 Å². The van der Waals surface area contributed by atoms with Gasteiger partial charge in [-0.15, -0.1) is 0 Å². The summed E-state index contributed by atoms with van der Waals surface area (Å²) in [6, 6.07) is 31.6. The molecular formula is C39H52N4. The van der Waals surface area contributed by atoms with E-state index in [9.17, 15) is 0 Å². The first-order valence-electron chi connectivity index (χ1n) is 16.0. The molecule has 0 aliphatic carbocycles. The van der Waals surface area contributed by atoms with Gasteiger partial charge in [0, 0.05) is 46.2 Å². The lowest BCUT2D eigenvalue weighted by Crippen LogP contribution is -2.17. The summed E-state index contributed by atoms with van der Waals surface area (Å²) in [5.74, 6) is 1.38. The second-order valence-electron chi connectivity index (χ2n) is 13.2. The van der Waals surface area contributed by atoms with E-state index in [-0.39, 0.29) is 0 Å². The maximum Gasteiger partial charge on any atom is 0.0414 e. The fourth-order valence-corrected chi connectivity index (χ4v) is 5.90. The fourth-order valence-electron chi connectivity index (χ4n) is 5.90. The van der Waals surface area contributed by atoms with Gasteiger partial charge in [0.25, 0.3) is 0 Å². The minimum absolute atomic E-state index is 0.466. The first-order chi connectivity index (χ1) is 20.5. The molecule has 0 spiro atoms. The van der Waals surface area contributed by atoms with Crippen LogP contribution in [0.3, 0.4) is 0 Å². The van der Waals surface area contributed by atoms with E-state index in [4.69, 9.17) is 0 Å². The normalized spacial score (nSPS) is 12.7. The molecule has 0 aromatic heterocycles. The van der Waals surface area contributed by atoms with Gasteiger partial charge in [0.15, 0.2) is 0 Å².